The van der Waals surface area contributed by atoms with Crippen molar-refractivity contribution >= 4 is 0 Å². The van der Waals surface area contributed by atoms with Crippen molar-refractivity contribution in [3.05, 3.63) is 35.4 Å². The van der Waals surface area contributed by atoms with E-state index in [-0.39, 0.29) is 0 Å². The van der Waals surface area contributed by atoms with Crippen molar-refractivity contribution in [3.8, 4) is 0 Å². The quantitative estimate of drug-likeness (QED) is 0.853. The molecule has 120 valence electrons. The van der Waals surface area contributed by atoms with Gasteiger partial charge in [-0.2, -0.15) is 10.2 Å². The van der Waals surface area contributed by atoms with Crippen LogP contribution in [0.15, 0.2) is 18.5 Å². The Bertz CT molecular complexity index is 626. The normalized spacial score (nSPS) is 19.4. The average Bonchev–Trinajstić information content (AvgIpc) is 2.99. The highest BCUT2D eigenvalue weighted by molar-refractivity contribution is 5.16. The van der Waals surface area contributed by atoms with Crippen molar-refractivity contribution in [2.24, 2.45) is 7.05 Å². The van der Waals surface area contributed by atoms with E-state index >= 15 is 0 Å². The molecular weight excluding hydrogens is 276 g/mol. The minimum Gasteiger partial charge on any atom is -0.308 e. The minimum atomic E-state index is 0.538. The number of fused-ring (bicyclic) bond motifs is 1. The minimum absolute atomic E-state index is 0.538. The molecule has 6 nitrogen and oxygen atoms in total. The van der Waals surface area contributed by atoms with Gasteiger partial charge in [-0.1, -0.05) is 0 Å². The highest BCUT2D eigenvalue weighted by Gasteiger charge is 2.25. The van der Waals surface area contributed by atoms with Gasteiger partial charge in [0.05, 0.1) is 11.9 Å². The van der Waals surface area contributed by atoms with Crippen molar-refractivity contribution in [1.29, 1.82) is 0 Å². The van der Waals surface area contributed by atoms with Crippen molar-refractivity contribution in [2.75, 3.05) is 20.6 Å². The first-order valence-electron chi connectivity index (χ1n) is 7.91. The molecule has 0 N–H and O–H groups in total. The molecule has 0 fully saturated rings. The van der Waals surface area contributed by atoms with E-state index in [0.29, 0.717) is 6.04 Å². The summed E-state index contributed by atoms with van der Waals surface area (Å²) in [6.45, 7) is 6.12. The molecule has 0 radical (unpaired) electrons. The molecule has 0 saturated carbocycles. The fourth-order valence-corrected chi connectivity index (χ4v) is 3.22. The van der Waals surface area contributed by atoms with Crippen LogP contribution in [0.2, 0.25) is 0 Å². The van der Waals surface area contributed by atoms with Crippen LogP contribution in [0.5, 0.6) is 0 Å². The summed E-state index contributed by atoms with van der Waals surface area (Å²) in [6, 6.07) is 2.68. The summed E-state index contributed by atoms with van der Waals surface area (Å²) in [7, 11) is 6.31. The molecule has 6 heteroatoms. The summed E-state index contributed by atoms with van der Waals surface area (Å²) < 4.78 is 4.11. The molecule has 1 atom stereocenters. The van der Waals surface area contributed by atoms with Gasteiger partial charge in [-0.15, -0.1) is 0 Å². The monoisotopic (exact) mass is 302 g/mol. The summed E-state index contributed by atoms with van der Waals surface area (Å²) in [6.07, 6.45) is 5.05. The highest BCUT2D eigenvalue weighted by Crippen LogP contribution is 2.21. The molecule has 0 bridgehead atoms. The van der Waals surface area contributed by atoms with Crippen LogP contribution in [0.25, 0.3) is 0 Å². The topological polar surface area (TPSA) is 42.1 Å². The average molecular weight is 302 g/mol. The van der Waals surface area contributed by atoms with Crippen molar-refractivity contribution in [2.45, 2.75) is 39.0 Å². The van der Waals surface area contributed by atoms with Gasteiger partial charge >= 0.3 is 0 Å². The Morgan fingerprint density at radius 2 is 2.14 bits per heavy atom. The lowest BCUT2D eigenvalue weighted by Crippen LogP contribution is -2.40. The summed E-state index contributed by atoms with van der Waals surface area (Å²) in [4.78, 5) is 4.85. The zero-order valence-corrected chi connectivity index (χ0v) is 14.0. The van der Waals surface area contributed by atoms with Crippen LogP contribution in [-0.2, 0) is 26.7 Å². The SMILES string of the molecule is Cc1c(CN2Cc3ccnn3CC[C@@H]2CN(C)C)cnn1C. The largest absolute Gasteiger partial charge is 0.308 e. The molecule has 3 heterocycles. The van der Waals surface area contributed by atoms with Crippen LogP contribution in [0, 0.1) is 6.92 Å². The lowest BCUT2D eigenvalue weighted by Gasteiger charge is -2.31. The number of likely N-dealkylation sites (N-methyl/N-ethyl adjacent to an activating group) is 1. The van der Waals surface area contributed by atoms with Crippen LogP contribution in [0.4, 0.5) is 0 Å². The third-order valence-corrected chi connectivity index (χ3v) is 4.65. The predicted molar refractivity (Wildman–Crippen MR) is 86.4 cm³/mol. The van der Waals surface area contributed by atoms with Gasteiger partial charge in [0.15, 0.2) is 0 Å². The smallest absolute Gasteiger partial charge is 0.0537 e. The van der Waals surface area contributed by atoms with Gasteiger partial charge in [0.1, 0.15) is 0 Å². The van der Waals surface area contributed by atoms with E-state index in [1.807, 2.05) is 24.1 Å². The zero-order chi connectivity index (χ0) is 15.7. The van der Waals surface area contributed by atoms with E-state index in [9.17, 15) is 0 Å². The number of hydrogen-bond acceptors (Lipinski definition) is 4. The second kappa shape index (κ2) is 6.22. The molecule has 3 rings (SSSR count). The zero-order valence-electron chi connectivity index (χ0n) is 14.0. The Labute approximate surface area is 132 Å². The number of nitrogens with zero attached hydrogens (tertiary/aromatic N) is 6. The third kappa shape index (κ3) is 3.08. The van der Waals surface area contributed by atoms with Crippen LogP contribution in [-0.4, -0.2) is 56.0 Å². The van der Waals surface area contributed by atoms with Crippen molar-refractivity contribution in [1.82, 2.24) is 29.4 Å². The maximum Gasteiger partial charge on any atom is 0.0537 e. The Balaban J connectivity index is 1.83. The molecule has 0 aliphatic carbocycles. The number of rotatable bonds is 4. The molecule has 0 unspecified atom stereocenters. The van der Waals surface area contributed by atoms with Crippen LogP contribution in [0.1, 0.15) is 23.4 Å². The van der Waals surface area contributed by atoms with E-state index in [1.54, 1.807) is 0 Å². The van der Waals surface area contributed by atoms with E-state index < -0.39 is 0 Å². The molecule has 2 aromatic heterocycles. The van der Waals surface area contributed by atoms with Gasteiger partial charge in [-0.25, -0.2) is 0 Å². The third-order valence-electron chi connectivity index (χ3n) is 4.65. The van der Waals surface area contributed by atoms with Gasteiger partial charge < -0.3 is 4.90 Å². The number of hydrogen-bond donors (Lipinski definition) is 0. The Morgan fingerprint density at radius 3 is 2.82 bits per heavy atom. The molecule has 2 aromatic rings. The Kier molecular flexibility index (Phi) is 4.31. The van der Waals surface area contributed by atoms with E-state index in [2.05, 4.69) is 51.8 Å². The first-order chi connectivity index (χ1) is 10.5. The molecule has 0 amide bonds. The maximum atomic E-state index is 4.45. The first-order valence-corrected chi connectivity index (χ1v) is 7.91. The standard InChI is InChI=1S/C16H26N6/c1-13-14(9-18-20(13)4)10-21-12-16-5-7-17-22(16)8-6-15(21)11-19(2)3/h5,7,9,15H,6,8,10-12H2,1-4H3/t15-/m1/s1. The lowest BCUT2D eigenvalue weighted by molar-refractivity contribution is 0.143. The fourth-order valence-electron chi connectivity index (χ4n) is 3.22. The Morgan fingerprint density at radius 1 is 1.32 bits per heavy atom. The van der Waals surface area contributed by atoms with Crippen molar-refractivity contribution in [3.63, 3.8) is 0 Å². The summed E-state index contributed by atoms with van der Waals surface area (Å²) in [5.41, 5.74) is 3.88. The van der Waals surface area contributed by atoms with Gasteiger partial charge in [0.2, 0.25) is 0 Å². The molecular formula is C16H26N6. The lowest BCUT2D eigenvalue weighted by atomic mass is 10.1. The summed E-state index contributed by atoms with van der Waals surface area (Å²) in [5, 5.41) is 8.84. The van der Waals surface area contributed by atoms with E-state index in [1.165, 1.54) is 17.0 Å². The molecule has 0 spiro atoms. The highest BCUT2D eigenvalue weighted by atomic mass is 15.3. The number of aromatic nitrogens is 4. The second-order valence-electron chi connectivity index (χ2n) is 6.53. The fraction of sp³-hybridized carbons (Fsp3) is 0.625. The van der Waals surface area contributed by atoms with Gasteiger partial charge in [0.25, 0.3) is 0 Å². The molecule has 1 aliphatic rings. The number of aryl methyl sites for hydroxylation is 2. The molecule has 22 heavy (non-hydrogen) atoms. The molecule has 0 saturated heterocycles. The van der Waals surface area contributed by atoms with Gasteiger partial charge in [0, 0.05) is 56.7 Å². The molecule has 1 aliphatic heterocycles. The van der Waals surface area contributed by atoms with E-state index in [4.69, 9.17) is 0 Å². The van der Waals surface area contributed by atoms with Crippen LogP contribution >= 0.6 is 0 Å². The summed E-state index contributed by atoms with van der Waals surface area (Å²) in [5.74, 6) is 0. The maximum absolute atomic E-state index is 4.45. The second-order valence-corrected chi connectivity index (χ2v) is 6.53. The van der Waals surface area contributed by atoms with Crippen LogP contribution < -0.4 is 0 Å². The van der Waals surface area contributed by atoms with Crippen molar-refractivity contribution < 1.29 is 0 Å². The molecule has 0 aromatic carbocycles. The Hall–Kier alpha value is -1.66. The summed E-state index contributed by atoms with van der Waals surface area (Å²) >= 11 is 0. The van der Waals surface area contributed by atoms with Gasteiger partial charge in [-0.3, -0.25) is 14.3 Å². The first kappa shape index (κ1) is 15.2. The predicted octanol–water partition coefficient (Wildman–Crippen LogP) is 1.26. The van der Waals surface area contributed by atoms with Crippen LogP contribution in [0.3, 0.4) is 0 Å². The van der Waals surface area contributed by atoms with E-state index in [0.717, 1.165) is 32.6 Å². The van der Waals surface area contributed by atoms with Gasteiger partial charge in [-0.05, 0) is 33.5 Å².